The van der Waals surface area contributed by atoms with E-state index >= 15 is 0 Å². The van der Waals surface area contributed by atoms with Crippen LogP contribution in [0.4, 0.5) is 5.69 Å². The van der Waals surface area contributed by atoms with E-state index in [9.17, 15) is 4.79 Å². The van der Waals surface area contributed by atoms with Gasteiger partial charge in [0, 0.05) is 41.3 Å². The number of benzene rings is 2. The van der Waals surface area contributed by atoms with Crippen molar-refractivity contribution in [2.45, 2.75) is 26.9 Å². The second-order valence-corrected chi connectivity index (χ2v) is 7.89. The molecule has 0 aliphatic rings. The van der Waals surface area contributed by atoms with E-state index in [1.54, 1.807) is 6.20 Å². The lowest BCUT2D eigenvalue weighted by molar-refractivity contribution is 0.102. The number of nitrogens with one attached hydrogen (secondary N) is 1. The Hall–Kier alpha value is -4.26. The minimum absolute atomic E-state index is 0.174. The van der Waals surface area contributed by atoms with Crippen molar-refractivity contribution in [2.24, 2.45) is 0 Å². The molecule has 2 aromatic carbocycles. The number of carbonyl (C=O) groups is 1. The Morgan fingerprint density at radius 2 is 1.91 bits per heavy atom. The lowest BCUT2D eigenvalue weighted by atomic mass is 10.0. The van der Waals surface area contributed by atoms with Crippen molar-refractivity contribution in [3.63, 3.8) is 0 Å². The molecule has 7 nitrogen and oxygen atoms in total. The number of fused-ring (bicyclic) bond motifs is 1. The second-order valence-electron chi connectivity index (χ2n) is 7.89. The number of anilines is 1. The Labute approximate surface area is 191 Å². The first-order valence-corrected chi connectivity index (χ1v) is 10.9. The first kappa shape index (κ1) is 20.6. The number of amides is 1. The van der Waals surface area contributed by atoms with E-state index in [0.29, 0.717) is 12.1 Å². The summed E-state index contributed by atoms with van der Waals surface area (Å²) in [6, 6.07) is 19.3. The lowest BCUT2D eigenvalue weighted by Crippen LogP contribution is -2.13. The molecule has 0 unspecified atom stereocenters. The molecular weight excluding hydrogens is 412 g/mol. The minimum atomic E-state index is -0.174. The molecule has 0 radical (unpaired) electrons. The lowest BCUT2D eigenvalue weighted by Gasteiger charge is -2.12. The van der Waals surface area contributed by atoms with Gasteiger partial charge in [-0.25, -0.2) is 4.98 Å². The number of hydrogen-bond donors (Lipinski definition) is 1. The van der Waals surface area contributed by atoms with Gasteiger partial charge in [-0.1, -0.05) is 30.3 Å². The quantitative estimate of drug-likeness (QED) is 0.410. The van der Waals surface area contributed by atoms with E-state index < -0.39 is 0 Å². The average Bonchev–Trinajstić information content (AvgIpc) is 3.47. The van der Waals surface area contributed by atoms with Crippen molar-refractivity contribution in [1.29, 1.82) is 0 Å². The molecule has 33 heavy (non-hydrogen) atoms. The van der Waals surface area contributed by atoms with Crippen LogP contribution in [0.1, 0.15) is 28.5 Å². The second kappa shape index (κ2) is 8.70. The van der Waals surface area contributed by atoms with E-state index in [4.69, 9.17) is 4.98 Å². The van der Waals surface area contributed by atoms with Crippen LogP contribution in [0.3, 0.4) is 0 Å². The van der Waals surface area contributed by atoms with Gasteiger partial charge in [0.25, 0.3) is 5.91 Å². The van der Waals surface area contributed by atoms with Crippen LogP contribution in [0.2, 0.25) is 0 Å². The zero-order chi connectivity index (χ0) is 22.8. The number of pyridine rings is 1. The van der Waals surface area contributed by atoms with Gasteiger partial charge in [-0.2, -0.15) is 10.2 Å². The van der Waals surface area contributed by atoms with Crippen LogP contribution in [0.25, 0.3) is 22.2 Å². The zero-order valence-corrected chi connectivity index (χ0v) is 18.6. The number of para-hydroxylation sites is 1. The summed E-state index contributed by atoms with van der Waals surface area (Å²) in [6.45, 7) is 5.49. The van der Waals surface area contributed by atoms with Crippen LogP contribution < -0.4 is 5.32 Å². The molecule has 0 aliphatic heterocycles. The molecule has 0 spiro atoms. The maximum absolute atomic E-state index is 13.4. The molecule has 0 bridgehead atoms. The largest absolute Gasteiger partial charge is 0.322 e. The molecule has 1 N–H and O–H groups in total. The number of hydrogen-bond acceptors (Lipinski definition) is 4. The highest BCUT2D eigenvalue weighted by atomic mass is 16.1. The van der Waals surface area contributed by atoms with Crippen LogP contribution in [-0.2, 0) is 13.1 Å². The maximum Gasteiger partial charge on any atom is 0.256 e. The van der Waals surface area contributed by atoms with E-state index in [1.165, 1.54) is 0 Å². The van der Waals surface area contributed by atoms with Gasteiger partial charge in [0.15, 0.2) is 0 Å². The third-order valence-electron chi connectivity index (χ3n) is 5.73. The summed E-state index contributed by atoms with van der Waals surface area (Å²) in [5, 5.41) is 12.6. The highest BCUT2D eigenvalue weighted by Gasteiger charge is 2.17. The number of carbonyl (C=O) groups excluding carboxylic acids is 1. The first-order chi connectivity index (χ1) is 16.1. The van der Waals surface area contributed by atoms with Crippen LogP contribution in [0.5, 0.6) is 0 Å². The van der Waals surface area contributed by atoms with Gasteiger partial charge >= 0.3 is 0 Å². The highest BCUT2D eigenvalue weighted by Crippen LogP contribution is 2.27. The third kappa shape index (κ3) is 4.13. The first-order valence-electron chi connectivity index (χ1n) is 10.9. The molecule has 0 atom stereocenters. The smallest absolute Gasteiger partial charge is 0.256 e. The van der Waals surface area contributed by atoms with Gasteiger partial charge < -0.3 is 5.32 Å². The van der Waals surface area contributed by atoms with Gasteiger partial charge in [-0.05, 0) is 49.7 Å². The maximum atomic E-state index is 13.4. The summed E-state index contributed by atoms with van der Waals surface area (Å²) in [5.74, 6) is -0.174. The minimum Gasteiger partial charge on any atom is -0.322 e. The fraction of sp³-hybridized carbons (Fsp3) is 0.154. The Kier molecular flexibility index (Phi) is 5.44. The fourth-order valence-electron chi connectivity index (χ4n) is 4.04. The van der Waals surface area contributed by atoms with E-state index in [2.05, 4.69) is 22.4 Å². The van der Waals surface area contributed by atoms with Crippen LogP contribution >= 0.6 is 0 Å². The predicted octanol–water partition coefficient (Wildman–Crippen LogP) is 4.92. The van der Waals surface area contributed by atoms with Gasteiger partial charge in [-0.15, -0.1) is 0 Å². The van der Waals surface area contributed by atoms with Gasteiger partial charge in [0.05, 0.1) is 29.5 Å². The zero-order valence-electron chi connectivity index (χ0n) is 18.6. The molecule has 7 heteroatoms. The molecule has 5 aromatic rings. The molecule has 3 aromatic heterocycles. The van der Waals surface area contributed by atoms with Crippen molar-refractivity contribution >= 4 is 22.5 Å². The molecule has 0 aliphatic carbocycles. The van der Waals surface area contributed by atoms with Crippen molar-refractivity contribution < 1.29 is 4.79 Å². The number of aryl methyl sites for hydroxylation is 1. The fourth-order valence-corrected chi connectivity index (χ4v) is 4.04. The predicted molar refractivity (Wildman–Crippen MR) is 129 cm³/mol. The van der Waals surface area contributed by atoms with Crippen molar-refractivity contribution in [1.82, 2.24) is 24.5 Å². The van der Waals surface area contributed by atoms with Crippen molar-refractivity contribution in [3.8, 4) is 11.3 Å². The van der Waals surface area contributed by atoms with E-state index in [0.717, 1.165) is 45.6 Å². The summed E-state index contributed by atoms with van der Waals surface area (Å²) in [4.78, 5) is 18.2. The number of nitrogens with zero attached hydrogens (tertiary/aromatic N) is 5. The topological polar surface area (TPSA) is 77.6 Å². The molecule has 5 rings (SSSR count). The molecule has 0 saturated heterocycles. The van der Waals surface area contributed by atoms with Crippen LogP contribution in [0.15, 0.2) is 79.3 Å². The van der Waals surface area contributed by atoms with Gasteiger partial charge in [-0.3, -0.25) is 14.2 Å². The van der Waals surface area contributed by atoms with Crippen LogP contribution in [0, 0.1) is 6.92 Å². The van der Waals surface area contributed by atoms with Crippen molar-refractivity contribution in [3.05, 3.63) is 96.1 Å². The van der Waals surface area contributed by atoms with E-state index in [1.807, 2.05) is 89.3 Å². The SMILES string of the molecule is CCn1ncc(-c2cc(C(=O)Nc3cccc(Cn4cccn4)c3)c3ccccc3n2)c1C. The summed E-state index contributed by atoms with van der Waals surface area (Å²) in [6.07, 6.45) is 5.48. The summed E-state index contributed by atoms with van der Waals surface area (Å²) in [5.41, 5.74) is 5.84. The molecule has 0 fully saturated rings. The summed E-state index contributed by atoms with van der Waals surface area (Å²) < 4.78 is 3.78. The standard InChI is InChI=1S/C26H24N6O/c1-3-32-18(2)23(16-28-32)25-15-22(21-10-4-5-11-24(21)30-25)26(33)29-20-9-6-8-19(14-20)17-31-13-7-12-27-31/h4-16H,3,17H2,1-2H3,(H,29,33). The Morgan fingerprint density at radius 1 is 1.03 bits per heavy atom. The molecule has 1 amide bonds. The van der Waals surface area contributed by atoms with Gasteiger partial charge in [0.2, 0.25) is 0 Å². The van der Waals surface area contributed by atoms with Crippen molar-refractivity contribution in [2.75, 3.05) is 5.32 Å². The number of rotatable bonds is 6. The Balaban J connectivity index is 1.50. The monoisotopic (exact) mass is 436 g/mol. The molecular formula is C26H24N6O. The number of aromatic nitrogens is 5. The third-order valence-corrected chi connectivity index (χ3v) is 5.73. The molecule has 3 heterocycles. The molecule has 164 valence electrons. The van der Waals surface area contributed by atoms with Gasteiger partial charge in [0.1, 0.15) is 0 Å². The normalized spacial score (nSPS) is 11.1. The Morgan fingerprint density at radius 3 is 2.70 bits per heavy atom. The Bertz CT molecular complexity index is 1430. The summed E-state index contributed by atoms with van der Waals surface area (Å²) in [7, 11) is 0. The highest BCUT2D eigenvalue weighted by molar-refractivity contribution is 6.13. The average molecular weight is 437 g/mol. The summed E-state index contributed by atoms with van der Waals surface area (Å²) >= 11 is 0. The van der Waals surface area contributed by atoms with E-state index in [-0.39, 0.29) is 5.91 Å². The van der Waals surface area contributed by atoms with Crippen LogP contribution in [-0.4, -0.2) is 30.5 Å². The molecule has 0 saturated carbocycles.